The van der Waals surface area contributed by atoms with Crippen LogP contribution in [0.5, 0.6) is 11.5 Å². The van der Waals surface area contributed by atoms with Crippen LogP contribution in [0.2, 0.25) is 0 Å². The molecule has 0 unspecified atom stereocenters. The van der Waals surface area contributed by atoms with E-state index in [4.69, 9.17) is 9.47 Å². The number of benzene rings is 2. The summed E-state index contributed by atoms with van der Waals surface area (Å²) >= 11 is 1.04. The molecule has 1 fully saturated rings. The minimum absolute atomic E-state index is 0.0825. The third kappa shape index (κ3) is 6.17. The molecule has 0 saturated carbocycles. The fourth-order valence-corrected chi connectivity index (χ4v) is 5.45. The molecule has 1 amide bonds. The summed E-state index contributed by atoms with van der Waals surface area (Å²) in [7, 11) is -2.35. The molecule has 176 valence electrons. The van der Waals surface area contributed by atoms with Crippen LogP contribution in [0.25, 0.3) is 6.08 Å². The second kappa shape index (κ2) is 11.4. The maximum Gasteiger partial charge on any atom is 0.284 e. The van der Waals surface area contributed by atoms with E-state index in [0.29, 0.717) is 29.6 Å². The van der Waals surface area contributed by atoms with Crippen molar-refractivity contribution in [3.8, 4) is 11.5 Å². The average molecular weight is 489 g/mol. The Morgan fingerprint density at radius 3 is 2.48 bits per heavy atom. The molecule has 3 rings (SSSR count). The number of methoxy groups -OCH3 is 1. The van der Waals surface area contributed by atoms with Gasteiger partial charge in [-0.15, -0.1) is 4.40 Å². The Morgan fingerprint density at radius 2 is 1.82 bits per heavy atom. The highest BCUT2D eigenvalue weighted by atomic mass is 32.2. The van der Waals surface area contributed by atoms with Crippen molar-refractivity contribution in [2.24, 2.45) is 4.40 Å². The van der Waals surface area contributed by atoms with E-state index in [0.717, 1.165) is 36.6 Å². The van der Waals surface area contributed by atoms with Gasteiger partial charge in [0.05, 0.1) is 23.5 Å². The number of carbonyl (C=O) groups excluding carboxylic acids is 1. The largest absolute Gasteiger partial charge is 0.493 e. The molecule has 0 bridgehead atoms. The Bertz CT molecular complexity index is 1140. The van der Waals surface area contributed by atoms with E-state index in [9.17, 15) is 13.2 Å². The molecule has 9 heteroatoms. The van der Waals surface area contributed by atoms with Gasteiger partial charge < -0.3 is 9.47 Å². The molecule has 1 aliphatic heterocycles. The Hall–Kier alpha value is -2.78. The van der Waals surface area contributed by atoms with E-state index in [1.807, 2.05) is 12.1 Å². The number of ether oxygens (including phenoxy) is 2. The maximum atomic E-state index is 12.9. The number of unbranched alkanes of at least 4 members (excludes halogenated alkanes) is 2. The number of amidine groups is 1. The van der Waals surface area contributed by atoms with Crippen molar-refractivity contribution < 1.29 is 22.7 Å². The summed E-state index contributed by atoms with van der Waals surface area (Å²) < 4.78 is 40.6. The summed E-state index contributed by atoms with van der Waals surface area (Å²) in [5, 5.41) is 0.141. The lowest BCUT2D eigenvalue weighted by Gasteiger charge is -2.12. The van der Waals surface area contributed by atoms with E-state index in [1.54, 1.807) is 44.4 Å². The van der Waals surface area contributed by atoms with Gasteiger partial charge in [-0.2, -0.15) is 8.42 Å². The molecular formula is C24H28N2O5S2. The van der Waals surface area contributed by atoms with Crippen molar-refractivity contribution in [1.29, 1.82) is 0 Å². The van der Waals surface area contributed by atoms with Crippen LogP contribution in [0, 0.1) is 0 Å². The molecule has 0 aliphatic carbocycles. The van der Waals surface area contributed by atoms with Crippen LogP contribution in [0.1, 0.15) is 38.7 Å². The van der Waals surface area contributed by atoms with Crippen molar-refractivity contribution >= 4 is 38.9 Å². The lowest BCUT2D eigenvalue weighted by molar-refractivity contribution is -0.122. The number of rotatable bonds is 10. The molecule has 2 aromatic rings. The molecule has 0 spiro atoms. The monoisotopic (exact) mass is 488 g/mol. The number of sulfonamides is 1. The molecule has 1 saturated heterocycles. The molecular weight excluding hydrogens is 460 g/mol. The minimum atomic E-state index is -3.93. The van der Waals surface area contributed by atoms with Gasteiger partial charge in [-0.3, -0.25) is 9.69 Å². The lowest BCUT2D eigenvalue weighted by Crippen LogP contribution is -2.29. The summed E-state index contributed by atoms with van der Waals surface area (Å²) in [6, 6.07) is 13.4. The number of thioether (sulfide) groups is 1. The van der Waals surface area contributed by atoms with Gasteiger partial charge in [0.2, 0.25) is 0 Å². The number of carbonyl (C=O) groups is 1. The first kappa shape index (κ1) is 24.9. The van der Waals surface area contributed by atoms with Crippen LogP contribution in [0.4, 0.5) is 0 Å². The van der Waals surface area contributed by atoms with Gasteiger partial charge in [-0.25, -0.2) is 0 Å². The highest BCUT2D eigenvalue weighted by molar-refractivity contribution is 8.19. The van der Waals surface area contributed by atoms with Crippen molar-refractivity contribution in [2.75, 3.05) is 20.3 Å². The fourth-order valence-electron chi connectivity index (χ4n) is 3.18. The summed E-state index contributed by atoms with van der Waals surface area (Å²) in [6.07, 6.45) is 4.84. The molecule has 0 N–H and O–H groups in total. The first-order valence-corrected chi connectivity index (χ1v) is 13.1. The van der Waals surface area contributed by atoms with Crippen LogP contribution in [0.3, 0.4) is 0 Å². The number of amides is 1. The van der Waals surface area contributed by atoms with Crippen LogP contribution in [-0.4, -0.2) is 44.7 Å². The van der Waals surface area contributed by atoms with E-state index >= 15 is 0 Å². The summed E-state index contributed by atoms with van der Waals surface area (Å²) in [6.45, 7) is 4.80. The Morgan fingerprint density at radius 1 is 1.06 bits per heavy atom. The van der Waals surface area contributed by atoms with Gasteiger partial charge >= 0.3 is 0 Å². The number of hydrogen-bond acceptors (Lipinski definition) is 6. The SMILES string of the molecule is CCCCCOc1cc(/C=C2\S/C(=N/S(=O)(=O)c3ccccc3)N(CC)C2=O)ccc1OC. The second-order valence-electron chi connectivity index (χ2n) is 7.29. The zero-order chi connectivity index (χ0) is 23.8. The number of hydrogen-bond donors (Lipinski definition) is 0. The molecule has 0 aromatic heterocycles. The number of nitrogens with zero attached hydrogens (tertiary/aromatic N) is 2. The van der Waals surface area contributed by atoms with Crippen molar-refractivity contribution in [2.45, 2.75) is 38.0 Å². The summed E-state index contributed by atoms with van der Waals surface area (Å²) in [4.78, 5) is 14.8. The smallest absolute Gasteiger partial charge is 0.284 e. The van der Waals surface area contributed by atoms with Gasteiger partial charge in [0.1, 0.15) is 0 Å². The van der Waals surface area contributed by atoms with Crippen molar-refractivity contribution in [3.63, 3.8) is 0 Å². The van der Waals surface area contributed by atoms with Crippen LogP contribution in [-0.2, 0) is 14.8 Å². The standard InChI is InChI=1S/C24H28N2O5S2/c1-4-6-10-15-31-21-16-18(13-14-20(21)30-3)17-22-23(27)26(5-2)24(32-22)25-33(28,29)19-11-8-7-9-12-19/h7-9,11-14,16-17H,4-6,10,15H2,1-3H3/b22-17-,25-24+. The third-order valence-electron chi connectivity index (χ3n) is 4.93. The molecule has 0 atom stereocenters. The van der Waals surface area contributed by atoms with E-state index < -0.39 is 10.0 Å². The average Bonchev–Trinajstić information content (AvgIpc) is 3.10. The molecule has 0 radical (unpaired) electrons. The fraction of sp³-hybridized carbons (Fsp3) is 0.333. The Labute approximate surface area is 199 Å². The van der Waals surface area contributed by atoms with Crippen molar-refractivity contribution in [3.05, 3.63) is 59.0 Å². The topological polar surface area (TPSA) is 85.3 Å². The van der Waals surface area contributed by atoms with Crippen LogP contribution in [0.15, 0.2) is 62.7 Å². The second-order valence-corrected chi connectivity index (χ2v) is 9.90. The first-order valence-electron chi connectivity index (χ1n) is 10.8. The predicted molar refractivity (Wildman–Crippen MR) is 132 cm³/mol. The van der Waals surface area contributed by atoms with Crippen LogP contribution < -0.4 is 9.47 Å². The van der Waals surface area contributed by atoms with Crippen LogP contribution >= 0.6 is 11.8 Å². The van der Waals surface area contributed by atoms with Gasteiger partial charge in [-0.05, 0) is 61.0 Å². The maximum absolute atomic E-state index is 12.9. The quantitative estimate of drug-likeness (QED) is 0.348. The molecule has 1 heterocycles. The normalized spacial score (nSPS) is 16.6. The minimum Gasteiger partial charge on any atom is -0.493 e. The predicted octanol–water partition coefficient (Wildman–Crippen LogP) is 4.95. The molecule has 7 nitrogen and oxygen atoms in total. The van der Waals surface area contributed by atoms with E-state index in [1.165, 1.54) is 17.0 Å². The zero-order valence-electron chi connectivity index (χ0n) is 19.0. The van der Waals surface area contributed by atoms with Gasteiger partial charge in [0.15, 0.2) is 16.7 Å². The first-order chi connectivity index (χ1) is 15.9. The summed E-state index contributed by atoms with van der Waals surface area (Å²) in [5.41, 5.74) is 0.750. The number of likely N-dealkylation sites (N-methyl/N-ethyl adjacent to an activating group) is 1. The molecule has 1 aliphatic rings. The Balaban J connectivity index is 1.88. The summed E-state index contributed by atoms with van der Waals surface area (Å²) in [5.74, 6) is 0.933. The highest BCUT2D eigenvalue weighted by Gasteiger charge is 2.34. The lowest BCUT2D eigenvalue weighted by atomic mass is 10.2. The van der Waals surface area contributed by atoms with Gasteiger partial charge in [-0.1, -0.05) is 44.0 Å². The third-order valence-corrected chi connectivity index (χ3v) is 7.34. The Kier molecular flexibility index (Phi) is 8.57. The van der Waals surface area contributed by atoms with E-state index in [2.05, 4.69) is 11.3 Å². The van der Waals surface area contributed by atoms with Gasteiger partial charge in [0, 0.05) is 6.54 Å². The highest BCUT2D eigenvalue weighted by Crippen LogP contribution is 2.35. The zero-order valence-corrected chi connectivity index (χ0v) is 20.6. The molecule has 33 heavy (non-hydrogen) atoms. The van der Waals surface area contributed by atoms with Gasteiger partial charge in [0.25, 0.3) is 15.9 Å². The molecule has 2 aromatic carbocycles. The van der Waals surface area contributed by atoms with E-state index in [-0.39, 0.29) is 16.0 Å². The van der Waals surface area contributed by atoms with Crippen molar-refractivity contribution in [1.82, 2.24) is 4.90 Å².